The maximum absolute atomic E-state index is 6.80. The topological polar surface area (TPSA) is 9.23 Å². The summed E-state index contributed by atoms with van der Waals surface area (Å²) in [7, 11) is 0. The summed E-state index contributed by atoms with van der Waals surface area (Å²) >= 11 is 0.407. The normalized spacial score (nSPS) is 46.5. The molecule has 19 heavy (non-hydrogen) atoms. The second-order valence-corrected chi connectivity index (χ2v) is 22.6. The summed E-state index contributed by atoms with van der Waals surface area (Å²) in [6.07, 6.45) is 4.76. The van der Waals surface area contributed by atoms with E-state index in [4.69, 9.17) is 3.10 Å². The van der Waals surface area contributed by atoms with Crippen molar-refractivity contribution in [3.8, 4) is 0 Å². The average molecular weight is 484 g/mol. The summed E-state index contributed by atoms with van der Waals surface area (Å²) in [5.41, 5.74) is 1.01. The maximum atomic E-state index is 6.80. The van der Waals surface area contributed by atoms with Gasteiger partial charge in [-0.15, -0.1) is 0 Å². The van der Waals surface area contributed by atoms with Crippen LogP contribution in [0, 0.1) is 16.7 Å². The Hall–Kier alpha value is 0.700. The first-order valence-corrected chi connectivity index (χ1v) is 17.8. The SMILES string of the molecule is CC1(C)[C@@H]2CC[C@]13C[Te@@](I)(c1ccccc1)O[C@@H]3C2. The number of hydrogen-bond donors (Lipinski definition) is 0. The van der Waals surface area contributed by atoms with Gasteiger partial charge >= 0.3 is 131 Å². The van der Waals surface area contributed by atoms with Crippen molar-refractivity contribution in [3.05, 3.63) is 30.3 Å². The van der Waals surface area contributed by atoms with E-state index in [2.05, 4.69) is 62.9 Å². The fourth-order valence-electron chi connectivity index (χ4n) is 4.79. The van der Waals surface area contributed by atoms with Gasteiger partial charge in [-0.1, -0.05) is 0 Å². The summed E-state index contributed by atoms with van der Waals surface area (Å²) in [4.78, 5) is 0. The molecular weight excluding hydrogens is 463 g/mol. The molecule has 0 amide bonds. The van der Waals surface area contributed by atoms with Crippen molar-refractivity contribution in [1.29, 1.82) is 0 Å². The van der Waals surface area contributed by atoms with Crippen LogP contribution in [0.15, 0.2) is 30.3 Å². The van der Waals surface area contributed by atoms with E-state index in [9.17, 15) is 0 Å². The number of fused-ring (bicyclic) bond motifs is 1. The van der Waals surface area contributed by atoms with Gasteiger partial charge in [-0.2, -0.15) is 0 Å². The van der Waals surface area contributed by atoms with E-state index in [-0.39, 0.29) is 0 Å². The van der Waals surface area contributed by atoms with E-state index in [0.29, 0.717) is 16.9 Å². The Balaban J connectivity index is 1.75. The van der Waals surface area contributed by atoms with Crippen LogP contribution in [0.5, 0.6) is 0 Å². The standard InChI is InChI=1S/C16H21IOTe/c1-15(2)12-8-9-16(15)11-19(17,18-14(16)10-12)13-6-4-3-5-7-13/h3-7,12,14H,8-11H2,1-2H3/t12-,14-,16-/m1/s1. The molecule has 0 unspecified atom stereocenters. The molecule has 2 saturated carbocycles. The van der Waals surface area contributed by atoms with E-state index >= 15 is 0 Å². The molecule has 1 aromatic carbocycles. The zero-order valence-electron chi connectivity index (χ0n) is 11.6. The van der Waals surface area contributed by atoms with Crippen LogP contribution in [-0.2, 0) is 3.10 Å². The minimum atomic E-state index is -2.35. The number of hydrogen-bond acceptors (Lipinski definition) is 1. The van der Waals surface area contributed by atoms with Crippen molar-refractivity contribution in [2.45, 2.75) is 43.7 Å². The predicted molar refractivity (Wildman–Crippen MR) is 89.1 cm³/mol. The van der Waals surface area contributed by atoms with Crippen LogP contribution in [0.2, 0.25) is 4.47 Å². The molecule has 3 fully saturated rings. The van der Waals surface area contributed by atoms with E-state index in [1.54, 1.807) is 0 Å². The van der Waals surface area contributed by atoms with Gasteiger partial charge in [0.15, 0.2) is 0 Å². The molecule has 3 aliphatic rings. The molecule has 4 atom stereocenters. The summed E-state index contributed by atoms with van der Waals surface area (Å²) in [5, 5.41) is 0. The first kappa shape index (κ1) is 13.4. The van der Waals surface area contributed by atoms with Gasteiger partial charge in [0.25, 0.3) is 0 Å². The Morgan fingerprint density at radius 3 is 2.63 bits per heavy atom. The van der Waals surface area contributed by atoms with Crippen LogP contribution >= 0.6 is 18.7 Å². The zero-order chi connectivity index (χ0) is 13.3. The summed E-state index contributed by atoms with van der Waals surface area (Å²) < 4.78 is 9.72. The zero-order valence-corrected chi connectivity index (χ0v) is 16.1. The molecule has 1 heterocycles. The van der Waals surface area contributed by atoms with Gasteiger partial charge < -0.3 is 0 Å². The first-order valence-electron chi connectivity index (χ1n) is 7.22. The molecule has 2 aliphatic carbocycles. The van der Waals surface area contributed by atoms with Crippen molar-refractivity contribution in [2.75, 3.05) is 0 Å². The van der Waals surface area contributed by atoms with Gasteiger partial charge in [0.2, 0.25) is 0 Å². The molecule has 0 radical (unpaired) electrons. The molecule has 1 aliphatic heterocycles. The van der Waals surface area contributed by atoms with Gasteiger partial charge in [-0.3, -0.25) is 0 Å². The Morgan fingerprint density at radius 2 is 2.00 bits per heavy atom. The van der Waals surface area contributed by atoms with Crippen LogP contribution in [0.4, 0.5) is 0 Å². The average Bonchev–Trinajstić information content (AvgIpc) is 2.91. The molecular formula is C16H21IOTe. The fourth-order valence-corrected chi connectivity index (χ4v) is 20.5. The quantitative estimate of drug-likeness (QED) is 0.433. The van der Waals surface area contributed by atoms with E-state index < -0.39 is 14.6 Å². The van der Waals surface area contributed by atoms with Crippen molar-refractivity contribution in [2.24, 2.45) is 16.7 Å². The third-order valence-corrected chi connectivity index (χ3v) is 19.9. The summed E-state index contributed by atoms with van der Waals surface area (Å²) in [6.45, 7) is 5.04. The van der Waals surface area contributed by atoms with Crippen LogP contribution < -0.4 is 3.61 Å². The Morgan fingerprint density at radius 1 is 1.26 bits per heavy atom. The second kappa shape index (κ2) is 4.12. The monoisotopic (exact) mass is 486 g/mol. The molecule has 1 spiro atoms. The third kappa shape index (κ3) is 1.62. The Bertz CT molecular complexity index is 517. The van der Waals surface area contributed by atoms with Gasteiger partial charge in [0.1, 0.15) is 0 Å². The summed E-state index contributed by atoms with van der Waals surface area (Å²) in [5.74, 6) is 0.914. The van der Waals surface area contributed by atoms with Crippen molar-refractivity contribution >= 4 is 37.0 Å². The molecule has 4 rings (SSSR count). The van der Waals surface area contributed by atoms with Crippen LogP contribution in [0.3, 0.4) is 0 Å². The van der Waals surface area contributed by atoms with Gasteiger partial charge in [-0.25, -0.2) is 0 Å². The third-order valence-electron chi connectivity index (χ3n) is 6.16. The van der Waals surface area contributed by atoms with Gasteiger partial charge in [0.05, 0.1) is 0 Å². The molecule has 1 nitrogen and oxygen atoms in total. The second-order valence-electron chi connectivity index (χ2n) is 6.99. The van der Waals surface area contributed by atoms with Gasteiger partial charge in [-0.05, 0) is 0 Å². The van der Waals surface area contributed by atoms with Gasteiger partial charge in [0, 0.05) is 0 Å². The molecule has 1 aromatic rings. The van der Waals surface area contributed by atoms with Crippen molar-refractivity contribution in [1.82, 2.24) is 0 Å². The number of rotatable bonds is 1. The fraction of sp³-hybridized carbons (Fsp3) is 0.625. The van der Waals surface area contributed by atoms with Crippen LogP contribution in [-0.4, -0.2) is 20.8 Å². The summed E-state index contributed by atoms with van der Waals surface area (Å²) in [6, 6.07) is 11.1. The van der Waals surface area contributed by atoms with E-state index in [1.165, 1.54) is 27.3 Å². The van der Waals surface area contributed by atoms with Crippen LogP contribution in [0.1, 0.15) is 33.1 Å². The van der Waals surface area contributed by atoms with Crippen molar-refractivity contribution < 1.29 is 3.10 Å². The Labute approximate surface area is 130 Å². The predicted octanol–water partition coefficient (Wildman–Crippen LogP) is 4.00. The molecule has 0 aromatic heterocycles. The molecule has 2 bridgehead atoms. The van der Waals surface area contributed by atoms with E-state index in [0.717, 1.165) is 5.92 Å². The van der Waals surface area contributed by atoms with Crippen LogP contribution in [0.25, 0.3) is 0 Å². The number of benzene rings is 1. The van der Waals surface area contributed by atoms with E-state index in [1.807, 2.05) is 0 Å². The Kier molecular flexibility index (Phi) is 2.90. The first-order chi connectivity index (χ1) is 8.98. The molecule has 104 valence electrons. The minimum absolute atomic E-state index is 0.505. The number of halogens is 1. The molecule has 1 saturated heterocycles. The van der Waals surface area contributed by atoms with Crippen molar-refractivity contribution in [3.63, 3.8) is 0 Å². The molecule has 3 heteroatoms. The molecule has 0 N–H and O–H groups in total.